The van der Waals surface area contributed by atoms with Gasteiger partial charge >= 0.3 is 0 Å². The molecular formula is C33H39N3O3. The van der Waals surface area contributed by atoms with Crippen molar-refractivity contribution in [1.82, 2.24) is 15.5 Å². The molecule has 1 saturated heterocycles. The van der Waals surface area contributed by atoms with E-state index in [1.807, 2.05) is 48.5 Å². The maximum absolute atomic E-state index is 13.3. The van der Waals surface area contributed by atoms with Crippen LogP contribution in [0.2, 0.25) is 0 Å². The fraction of sp³-hybridized carbons (Fsp3) is 0.394. The third-order valence-electron chi connectivity index (χ3n) is 7.67. The summed E-state index contributed by atoms with van der Waals surface area (Å²) in [4.78, 5) is 28.4. The van der Waals surface area contributed by atoms with Crippen LogP contribution in [0.5, 0.6) is 5.75 Å². The molecule has 0 unspecified atom stereocenters. The van der Waals surface area contributed by atoms with Crippen LogP contribution >= 0.6 is 0 Å². The minimum atomic E-state index is -0.0990. The summed E-state index contributed by atoms with van der Waals surface area (Å²) in [5, 5.41) is 6.15. The van der Waals surface area contributed by atoms with Crippen LogP contribution < -0.4 is 15.4 Å². The van der Waals surface area contributed by atoms with Crippen molar-refractivity contribution in [1.29, 1.82) is 0 Å². The SMILES string of the molecule is O=C1NCCCCCOc2ccc(C(=O)NCc3ccccc3CN3CCCCC3)cc2Cc2cccc1c2. The summed E-state index contributed by atoms with van der Waals surface area (Å²) in [7, 11) is 0. The van der Waals surface area contributed by atoms with Gasteiger partial charge in [0.05, 0.1) is 6.61 Å². The molecule has 2 aliphatic rings. The Morgan fingerprint density at radius 3 is 2.56 bits per heavy atom. The number of ether oxygens (including phenoxy) is 1. The molecule has 0 aliphatic carbocycles. The quantitative estimate of drug-likeness (QED) is 0.462. The molecule has 2 heterocycles. The maximum Gasteiger partial charge on any atom is 0.251 e. The average Bonchev–Trinajstić information content (AvgIpc) is 2.97. The monoisotopic (exact) mass is 525 g/mol. The Morgan fingerprint density at radius 1 is 0.872 bits per heavy atom. The number of hydrogen-bond donors (Lipinski definition) is 2. The van der Waals surface area contributed by atoms with Crippen molar-refractivity contribution in [2.75, 3.05) is 26.2 Å². The largest absolute Gasteiger partial charge is 0.493 e. The number of carbonyl (C=O) groups excluding carboxylic acids is 2. The van der Waals surface area contributed by atoms with Crippen molar-refractivity contribution in [3.8, 4) is 5.75 Å². The highest BCUT2D eigenvalue weighted by Gasteiger charge is 2.16. The summed E-state index contributed by atoms with van der Waals surface area (Å²) in [5.41, 5.74) is 5.66. The third kappa shape index (κ3) is 7.48. The van der Waals surface area contributed by atoms with Gasteiger partial charge in [-0.3, -0.25) is 14.5 Å². The summed E-state index contributed by atoms with van der Waals surface area (Å²) < 4.78 is 6.15. The fourth-order valence-corrected chi connectivity index (χ4v) is 5.45. The first-order valence-electron chi connectivity index (χ1n) is 14.4. The van der Waals surface area contributed by atoms with Crippen molar-refractivity contribution >= 4 is 11.8 Å². The predicted molar refractivity (Wildman–Crippen MR) is 154 cm³/mol. The molecule has 3 aromatic carbocycles. The molecule has 2 N–H and O–H groups in total. The van der Waals surface area contributed by atoms with Gasteiger partial charge in [0.25, 0.3) is 11.8 Å². The Labute approximate surface area is 231 Å². The Morgan fingerprint density at radius 2 is 1.69 bits per heavy atom. The number of benzene rings is 3. The molecule has 5 rings (SSSR count). The van der Waals surface area contributed by atoms with E-state index in [1.165, 1.54) is 24.8 Å². The first kappa shape index (κ1) is 26.9. The zero-order chi connectivity index (χ0) is 26.9. The normalized spacial score (nSPS) is 16.8. The van der Waals surface area contributed by atoms with E-state index in [2.05, 4.69) is 33.7 Å². The Bertz CT molecular complexity index is 1280. The average molecular weight is 526 g/mol. The third-order valence-corrected chi connectivity index (χ3v) is 7.67. The van der Waals surface area contributed by atoms with Crippen molar-refractivity contribution < 1.29 is 14.3 Å². The molecule has 6 heteroatoms. The van der Waals surface area contributed by atoms with E-state index in [-0.39, 0.29) is 11.8 Å². The summed E-state index contributed by atoms with van der Waals surface area (Å²) in [6.45, 7) is 4.99. The lowest BCUT2D eigenvalue weighted by Gasteiger charge is -2.27. The maximum atomic E-state index is 13.3. The first-order chi connectivity index (χ1) is 19.2. The zero-order valence-electron chi connectivity index (χ0n) is 22.7. The van der Waals surface area contributed by atoms with Gasteiger partial charge in [-0.25, -0.2) is 0 Å². The van der Waals surface area contributed by atoms with Gasteiger partial charge in [-0.2, -0.15) is 0 Å². The van der Waals surface area contributed by atoms with Gasteiger partial charge in [-0.1, -0.05) is 42.8 Å². The number of fused-ring (bicyclic) bond motifs is 3. The number of nitrogens with zero attached hydrogens (tertiary/aromatic N) is 1. The number of nitrogens with one attached hydrogen (secondary N) is 2. The van der Waals surface area contributed by atoms with Crippen LogP contribution in [0.1, 0.15) is 81.5 Å². The number of hydrogen-bond acceptors (Lipinski definition) is 4. The molecule has 0 atom stereocenters. The van der Waals surface area contributed by atoms with Crippen LogP contribution in [-0.4, -0.2) is 43.0 Å². The molecule has 39 heavy (non-hydrogen) atoms. The molecule has 0 spiro atoms. The van der Waals surface area contributed by atoms with E-state index in [9.17, 15) is 9.59 Å². The summed E-state index contributed by atoms with van der Waals surface area (Å²) in [6.07, 6.45) is 7.24. The molecule has 1 fully saturated rings. The standard InChI is InChI=1S/C33H39N3O3/c37-32-26-13-9-10-25(20-26)21-30-22-27(14-15-31(30)39-19-8-1-5-16-34-32)33(38)35-23-28-11-3-4-12-29(28)24-36-17-6-2-7-18-36/h3-4,9-15,20,22H,1-2,5-8,16-19,21,23-24H2,(H,34,37)(H,35,38). The van der Waals surface area contributed by atoms with Gasteiger partial charge in [0.15, 0.2) is 0 Å². The van der Waals surface area contributed by atoms with E-state index in [0.717, 1.165) is 61.3 Å². The Balaban J connectivity index is 1.31. The van der Waals surface area contributed by atoms with Crippen LogP contribution in [0, 0.1) is 0 Å². The number of carbonyl (C=O) groups is 2. The van der Waals surface area contributed by atoms with E-state index in [4.69, 9.17) is 4.74 Å². The van der Waals surface area contributed by atoms with Gasteiger partial charge in [-0.05, 0) is 97.8 Å². The van der Waals surface area contributed by atoms with Gasteiger partial charge in [0, 0.05) is 37.2 Å². The molecule has 2 amide bonds. The highest BCUT2D eigenvalue weighted by atomic mass is 16.5. The molecular weight excluding hydrogens is 486 g/mol. The molecule has 204 valence electrons. The molecule has 6 nitrogen and oxygen atoms in total. The Kier molecular flexibility index (Phi) is 9.28. The summed E-state index contributed by atoms with van der Waals surface area (Å²) in [5.74, 6) is 0.655. The molecule has 2 aliphatic heterocycles. The summed E-state index contributed by atoms with van der Waals surface area (Å²) >= 11 is 0. The molecule has 0 radical (unpaired) electrons. The first-order valence-corrected chi connectivity index (χ1v) is 14.4. The predicted octanol–water partition coefficient (Wildman–Crippen LogP) is 5.49. The second-order valence-corrected chi connectivity index (χ2v) is 10.7. The summed E-state index contributed by atoms with van der Waals surface area (Å²) in [6, 6.07) is 21.8. The fourth-order valence-electron chi connectivity index (χ4n) is 5.45. The van der Waals surface area contributed by atoms with Gasteiger partial charge in [0.2, 0.25) is 0 Å². The molecule has 3 aromatic rings. The lowest BCUT2D eigenvalue weighted by Crippen LogP contribution is -2.30. The van der Waals surface area contributed by atoms with Crippen LogP contribution in [-0.2, 0) is 19.5 Å². The topological polar surface area (TPSA) is 70.7 Å². The van der Waals surface area contributed by atoms with Crippen LogP contribution in [0.15, 0.2) is 66.7 Å². The van der Waals surface area contributed by atoms with Gasteiger partial charge in [0.1, 0.15) is 5.75 Å². The Hall–Kier alpha value is -3.64. The van der Waals surface area contributed by atoms with Gasteiger partial charge in [-0.15, -0.1) is 0 Å². The number of piperidine rings is 1. The van der Waals surface area contributed by atoms with Crippen LogP contribution in [0.4, 0.5) is 0 Å². The zero-order valence-corrected chi connectivity index (χ0v) is 22.7. The van der Waals surface area contributed by atoms with Crippen LogP contribution in [0.3, 0.4) is 0 Å². The van der Waals surface area contributed by atoms with Crippen molar-refractivity contribution in [3.63, 3.8) is 0 Å². The highest BCUT2D eigenvalue weighted by molar-refractivity contribution is 5.95. The second-order valence-electron chi connectivity index (χ2n) is 10.7. The second kappa shape index (κ2) is 13.4. The number of amides is 2. The van der Waals surface area contributed by atoms with Crippen molar-refractivity contribution in [3.05, 3.63) is 100 Å². The lowest BCUT2D eigenvalue weighted by molar-refractivity contribution is 0.0943. The van der Waals surface area contributed by atoms with Crippen molar-refractivity contribution in [2.24, 2.45) is 0 Å². The minimum absolute atomic E-state index is 0.0425. The molecule has 0 saturated carbocycles. The molecule has 2 bridgehead atoms. The number of rotatable bonds is 5. The van der Waals surface area contributed by atoms with Crippen LogP contribution in [0.25, 0.3) is 0 Å². The lowest BCUT2D eigenvalue weighted by atomic mass is 9.99. The smallest absolute Gasteiger partial charge is 0.251 e. The van der Waals surface area contributed by atoms with E-state index in [0.29, 0.717) is 37.2 Å². The minimum Gasteiger partial charge on any atom is -0.493 e. The van der Waals surface area contributed by atoms with E-state index in [1.54, 1.807) is 0 Å². The van der Waals surface area contributed by atoms with Crippen molar-refractivity contribution in [2.45, 2.75) is 58.0 Å². The van der Waals surface area contributed by atoms with Gasteiger partial charge < -0.3 is 15.4 Å². The highest BCUT2D eigenvalue weighted by Crippen LogP contribution is 2.25. The van der Waals surface area contributed by atoms with E-state index < -0.39 is 0 Å². The number of likely N-dealkylation sites (tertiary alicyclic amines) is 1. The van der Waals surface area contributed by atoms with E-state index >= 15 is 0 Å². The molecule has 0 aromatic heterocycles.